The van der Waals surface area contributed by atoms with E-state index in [2.05, 4.69) is 38.5 Å². The molecular formula is C19H19F3N6OS. The van der Waals surface area contributed by atoms with Crippen molar-refractivity contribution in [2.24, 2.45) is 0 Å². The lowest BCUT2D eigenvalue weighted by molar-refractivity contribution is -0.137. The Kier molecular flexibility index (Phi) is 6.01. The number of carbonyl (C=O) groups excluding carboxylic acids is 1. The molecule has 11 heteroatoms. The van der Waals surface area contributed by atoms with Crippen molar-refractivity contribution >= 4 is 34.1 Å². The van der Waals surface area contributed by atoms with Crippen molar-refractivity contribution < 1.29 is 18.0 Å². The minimum absolute atomic E-state index is 0.0194. The molecule has 0 saturated carbocycles. The highest BCUT2D eigenvalue weighted by atomic mass is 32.1. The van der Waals surface area contributed by atoms with Crippen LogP contribution >= 0.6 is 11.5 Å². The van der Waals surface area contributed by atoms with Gasteiger partial charge in [0.25, 0.3) is 0 Å². The molecule has 0 aliphatic carbocycles. The standard InChI is InChI=1S/C19H19F3N6OS/c1-10(2)12-5-6-23-14(7-12)16-25-18(30-27-16)26-17-15(28(4)11(3)29)8-13(9-24-17)19(20,21)22/h5-10H,1-4H3,(H,24,25,26,27). The molecule has 0 spiro atoms. The molecule has 158 valence electrons. The average molecular weight is 436 g/mol. The molecule has 0 radical (unpaired) electrons. The smallest absolute Gasteiger partial charge is 0.313 e. The lowest BCUT2D eigenvalue weighted by Gasteiger charge is -2.20. The minimum Gasteiger partial charge on any atom is -0.313 e. The predicted molar refractivity (Wildman–Crippen MR) is 109 cm³/mol. The molecule has 3 heterocycles. The monoisotopic (exact) mass is 436 g/mol. The Balaban J connectivity index is 1.93. The first-order chi connectivity index (χ1) is 14.1. The highest BCUT2D eigenvalue weighted by Crippen LogP contribution is 2.35. The SMILES string of the molecule is CC(=O)N(C)c1cc(C(F)(F)F)cnc1Nc1nc(-c2cc(C(C)C)ccn2)ns1. The summed E-state index contributed by atoms with van der Waals surface area (Å²) in [6, 6.07) is 4.67. The summed E-state index contributed by atoms with van der Waals surface area (Å²) in [5, 5.41) is 3.17. The molecule has 0 atom stereocenters. The maximum Gasteiger partial charge on any atom is 0.417 e. The number of pyridine rings is 2. The fraction of sp³-hybridized carbons (Fsp3) is 0.316. The van der Waals surface area contributed by atoms with Gasteiger partial charge in [-0.3, -0.25) is 9.78 Å². The molecule has 1 amide bonds. The minimum atomic E-state index is -4.58. The van der Waals surface area contributed by atoms with Crippen LogP contribution in [0.2, 0.25) is 0 Å². The van der Waals surface area contributed by atoms with Crippen molar-refractivity contribution in [2.45, 2.75) is 32.9 Å². The lowest BCUT2D eigenvalue weighted by atomic mass is 10.0. The number of amides is 1. The van der Waals surface area contributed by atoms with Gasteiger partial charge in [0, 0.05) is 37.9 Å². The number of nitrogens with zero attached hydrogens (tertiary/aromatic N) is 5. The highest BCUT2D eigenvalue weighted by molar-refractivity contribution is 7.09. The van der Waals surface area contributed by atoms with Crippen LogP contribution in [0.15, 0.2) is 30.6 Å². The van der Waals surface area contributed by atoms with E-state index in [1.54, 1.807) is 6.20 Å². The van der Waals surface area contributed by atoms with Gasteiger partial charge in [-0.2, -0.15) is 22.5 Å². The molecule has 0 aliphatic rings. The Bertz CT molecular complexity index is 1070. The number of aromatic nitrogens is 4. The van der Waals surface area contributed by atoms with Gasteiger partial charge in [-0.05, 0) is 29.7 Å². The molecule has 0 fully saturated rings. The van der Waals surface area contributed by atoms with Crippen LogP contribution in [0.5, 0.6) is 0 Å². The molecule has 7 nitrogen and oxygen atoms in total. The van der Waals surface area contributed by atoms with Gasteiger partial charge in [0.05, 0.1) is 11.3 Å². The third-order valence-electron chi connectivity index (χ3n) is 4.36. The number of alkyl halides is 3. The van der Waals surface area contributed by atoms with Crippen molar-refractivity contribution in [1.29, 1.82) is 0 Å². The van der Waals surface area contributed by atoms with Gasteiger partial charge in [0.2, 0.25) is 11.0 Å². The molecule has 3 rings (SSSR count). The zero-order valence-electron chi connectivity index (χ0n) is 16.7. The second kappa shape index (κ2) is 8.34. The van der Waals surface area contributed by atoms with E-state index in [0.29, 0.717) is 28.8 Å². The average Bonchev–Trinajstić information content (AvgIpc) is 3.15. The second-order valence-corrected chi connectivity index (χ2v) is 7.60. The van der Waals surface area contributed by atoms with Crippen molar-refractivity contribution in [3.05, 3.63) is 41.7 Å². The highest BCUT2D eigenvalue weighted by Gasteiger charge is 2.32. The summed E-state index contributed by atoms with van der Waals surface area (Å²) < 4.78 is 43.5. The van der Waals surface area contributed by atoms with E-state index < -0.39 is 17.6 Å². The fourth-order valence-electron chi connectivity index (χ4n) is 2.54. The van der Waals surface area contributed by atoms with E-state index in [0.717, 1.165) is 28.1 Å². The van der Waals surface area contributed by atoms with Crippen molar-refractivity contribution in [1.82, 2.24) is 19.3 Å². The molecule has 3 aromatic heterocycles. The van der Waals surface area contributed by atoms with Gasteiger partial charge < -0.3 is 10.2 Å². The molecule has 1 N–H and O–H groups in total. The summed E-state index contributed by atoms with van der Waals surface area (Å²) in [7, 11) is 1.37. The van der Waals surface area contributed by atoms with Crippen molar-refractivity contribution in [2.75, 3.05) is 17.3 Å². The molecular weight excluding hydrogens is 417 g/mol. The molecule has 0 aliphatic heterocycles. The zero-order valence-corrected chi connectivity index (χ0v) is 17.5. The maximum atomic E-state index is 13.1. The van der Waals surface area contributed by atoms with Crippen LogP contribution in [0.4, 0.5) is 29.8 Å². The molecule has 0 aromatic carbocycles. The largest absolute Gasteiger partial charge is 0.417 e. The number of hydrogen-bond acceptors (Lipinski definition) is 7. The van der Waals surface area contributed by atoms with E-state index in [9.17, 15) is 18.0 Å². The first-order valence-electron chi connectivity index (χ1n) is 8.95. The molecule has 0 bridgehead atoms. The van der Waals surface area contributed by atoms with Crippen LogP contribution in [-0.2, 0) is 11.0 Å². The molecule has 3 aromatic rings. The van der Waals surface area contributed by atoms with Crippen LogP contribution in [0, 0.1) is 0 Å². The summed E-state index contributed by atoms with van der Waals surface area (Å²) in [5.41, 5.74) is 0.698. The van der Waals surface area contributed by atoms with E-state index in [1.807, 2.05) is 12.1 Å². The first kappa shape index (κ1) is 21.6. The number of hydrogen-bond donors (Lipinski definition) is 1. The van der Waals surface area contributed by atoms with Gasteiger partial charge in [-0.1, -0.05) is 13.8 Å². The third-order valence-corrected chi connectivity index (χ3v) is 4.99. The van der Waals surface area contributed by atoms with Crippen LogP contribution in [0.3, 0.4) is 0 Å². The summed E-state index contributed by atoms with van der Waals surface area (Å²) in [4.78, 5) is 25.3. The van der Waals surface area contributed by atoms with Gasteiger partial charge in [-0.15, -0.1) is 0 Å². The number of nitrogens with one attached hydrogen (secondary N) is 1. The first-order valence-corrected chi connectivity index (χ1v) is 9.72. The van der Waals surface area contributed by atoms with E-state index in [4.69, 9.17) is 0 Å². The predicted octanol–water partition coefficient (Wildman–Crippen LogP) is 4.86. The third kappa shape index (κ3) is 4.73. The van der Waals surface area contributed by atoms with Gasteiger partial charge in [0.15, 0.2) is 11.6 Å². The Morgan fingerprint density at radius 3 is 2.60 bits per heavy atom. The molecule has 30 heavy (non-hydrogen) atoms. The van der Waals surface area contributed by atoms with Crippen LogP contribution in [0.1, 0.15) is 37.8 Å². The van der Waals surface area contributed by atoms with Gasteiger partial charge in [-0.25, -0.2) is 4.98 Å². The Labute approximate surface area is 175 Å². The lowest BCUT2D eigenvalue weighted by Crippen LogP contribution is -2.24. The summed E-state index contributed by atoms with van der Waals surface area (Å²) >= 11 is 1.01. The van der Waals surface area contributed by atoms with Crippen molar-refractivity contribution in [3.8, 4) is 11.5 Å². The van der Waals surface area contributed by atoms with Crippen LogP contribution in [-0.4, -0.2) is 32.3 Å². The Morgan fingerprint density at radius 2 is 1.97 bits per heavy atom. The molecule has 0 unspecified atom stereocenters. The quantitative estimate of drug-likeness (QED) is 0.615. The normalized spacial score (nSPS) is 11.6. The second-order valence-electron chi connectivity index (χ2n) is 6.84. The van der Waals surface area contributed by atoms with Crippen molar-refractivity contribution in [3.63, 3.8) is 0 Å². The Hall–Kier alpha value is -3.08. The number of anilines is 3. The topological polar surface area (TPSA) is 83.9 Å². The maximum absolute atomic E-state index is 13.1. The van der Waals surface area contributed by atoms with E-state index >= 15 is 0 Å². The summed E-state index contributed by atoms with van der Waals surface area (Å²) in [6.07, 6.45) is -2.20. The number of carbonyl (C=O) groups is 1. The summed E-state index contributed by atoms with van der Waals surface area (Å²) in [6.45, 7) is 5.37. The molecule has 0 saturated heterocycles. The fourth-order valence-corrected chi connectivity index (χ4v) is 3.11. The summed E-state index contributed by atoms with van der Waals surface area (Å²) in [5.74, 6) is 0.321. The van der Waals surface area contributed by atoms with E-state index in [1.165, 1.54) is 14.0 Å². The van der Waals surface area contributed by atoms with Gasteiger partial charge in [0.1, 0.15) is 5.69 Å². The Morgan fingerprint density at radius 1 is 1.23 bits per heavy atom. The number of halogens is 3. The number of rotatable bonds is 5. The van der Waals surface area contributed by atoms with Gasteiger partial charge >= 0.3 is 6.18 Å². The van der Waals surface area contributed by atoms with E-state index in [-0.39, 0.29) is 11.5 Å². The van der Waals surface area contributed by atoms with Crippen LogP contribution in [0.25, 0.3) is 11.5 Å². The zero-order chi connectivity index (χ0) is 22.1. The van der Waals surface area contributed by atoms with Crippen LogP contribution < -0.4 is 10.2 Å².